The maximum atomic E-state index is 12.6. The van der Waals surface area contributed by atoms with E-state index in [1.807, 2.05) is 23.2 Å². The Kier molecular flexibility index (Phi) is 3.40. The van der Waals surface area contributed by atoms with Crippen LogP contribution in [-0.4, -0.2) is 22.3 Å². The molecule has 1 atom stereocenters. The SMILES string of the molecule is Nc1ccc(C(=O)N2CCCC2c2ccc[nH]2)cc1Cl. The van der Waals surface area contributed by atoms with Crippen molar-refractivity contribution in [2.24, 2.45) is 0 Å². The van der Waals surface area contributed by atoms with E-state index in [0.717, 1.165) is 25.1 Å². The van der Waals surface area contributed by atoms with Gasteiger partial charge in [0.15, 0.2) is 0 Å². The van der Waals surface area contributed by atoms with E-state index in [-0.39, 0.29) is 11.9 Å². The summed E-state index contributed by atoms with van der Waals surface area (Å²) in [5.74, 6) is 0.00370. The number of nitrogens with two attached hydrogens (primary N) is 1. The van der Waals surface area contributed by atoms with E-state index in [0.29, 0.717) is 16.3 Å². The molecule has 1 aromatic carbocycles. The Hall–Kier alpha value is -1.94. The fourth-order valence-electron chi connectivity index (χ4n) is 2.71. The number of amides is 1. The molecule has 0 spiro atoms. The molecule has 4 nitrogen and oxygen atoms in total. The summed E-state index contributed by atoms with van der Waals surface area (Å²) in [6, 6.07) is 9.14. The zero-order valence-corrected chi connectivity index (χ0v) is 11.7. The summed E-state index contributed by atoms with van der Waals surface area (Å²) in [6.07, 6.45) is 3.88. The van der Waals surface area contributed by atoms with Gasteiger partial charge in [0.2, 0.25) is 0 Å². The highest BCUT2D eigenvalue weighted by Crippen LogP contribution is 2.32. The third-order valence-electron chi connectivity index (χ3n) is 3.74. The van der Waals surface area contributed by atoms with E-state index in [9.17, 15) is 4.79 Å². The zero-order chi connectivity index (χ0) is 14.1. The number of benzene rings is 1. The van der Waals surface area contributed by atoms with Crippen LogP contribution in [0.4, 0.5) is 5.69 Å². The van der Waals surface area contributed by atoms with Crippen molar-refractivity contribution >= 4 is 23.2 Å². The topological polar surface area (TPSA) is 62.1 Å². The van der Waals surface area contributed by atoms with Gasteiger partial charge < -0.3 is 15.6 Å². The van der Waals surface area contributed by atoms with Gasteiger partial charge in [0.1, 0.15) is 0 Å². The number of likely N-dealkylation sites (tertiary alicyclic amines) is 1. The minimum absolute atomic E-state index is 0.00370. The Morgan fingerprint density at radius 2 is 2.25 bits per heavy atom. The number of nitrogens with zero attached hydrogens (tertiary/aromatic N) is 1. The Bertz CT molecular complexity index is 624. The summed E-state index contributed by atoms with van der Waals surface area (Å²) in [6.45, 7) is 0.768. The Labute approximate surface area is 122 Å². The van der Waals surface area contributed by atoms with Crippen LogP contribution in [0.15, 0.2) is 36.5 Å². The van der Waals surface area contributed by atoms with Gasteiger partial charge >= 0.3 is 0 Å². The Balaban J connectivity index is 1.87. The van der Waals surface area contributed by atoms with Crippen molar-refractivity contribution < 1.29 is 4.79 Å². The van der Waals surface area contributed by atoms with Crippen LogP contribution in [0.25, 0.3) is 0 Å². The zero-order valence-electron chi connectivity index (χ0n) is 11.0. The molecule has 1 aliphatic rings. The summed E-state index contributed by atoms with van der Waals surface area (Å²) >= 11 is 6.00. The van der Waals surface area contributed by atoms with Crippen LogP contribution in [-0.2, 0) is 0 Å². The summed E-state index contributed by atoms with van der Waals surface area (Å²) < 4.78 is 0. The summed E-state index contributed by atoms with van der Waals surface area (Å²) in [7, 11) is 0. The minimum Gasteiger partial charge on any atom is -0.398 e. The molecule has 1 aliphatic heterocycles. The lowest BCUT2D eigenvalue weighted by Gasteiger charge is -2.24. The first-order valence-corrected chi connectivity index (χ1v) is 7.04. The molecule has 3 N–H and O–H groups in total. The fraction of sp³-hybridized carbons (Fsp3) is 0.267. The number of halogens is 1. The normalized spacial score (nSPS) is 18.4. The average molecular weight is 290 g/mol. The molecule has 1 fully saturated rings. The lowest BCUT2D eigenvalue weighted by molar-refractivity contribution is 0.0733. The Morgan fingerprint density at radius 1 is 1.40 bits per heavy atom. The number of anilines is 1. The highest BCUT2D eigenvalue weighted by Gasteiger charge is 2.31. The number of aromatic nitrogens is 1. The van der Waals surface area contributed by atoms with Crippen molar-refractivity contribution in [3.8, 4) is 0 Å². The summed E-state index contributed by atoms with van der Waals surface area (Å²) in [5.41, 5.74) is 7.84. The van der Waals surface area contributed by atoms with Gasteiger partial charge in [-0.05, 0) is 43.2 Å². The molecule has 1 unspecified atom stereocenters. The largest absolute Gasteiger partial charge is 0.398 e. The number of nitrogen functional groups attached to an aromatic ring is 1. The maximum Gasteiger partial charge on any atom is 0.254 e. The van der Waals surface area contributed by atoms with E-state index in [2.05, 4.69) is 4.98 Å². The predicted molar refractivity (Wildman–Crippen MR) is 79.7 cm³/mol. The second-order valence-corrected chi connectivity index (χ2v) is 5.43. The number of hydrogen-bond acceptors (Lipinski definition) is 2. The van der Waals surface area contributed by atoms with Crippen molar-refractivity contribution in [2.75, 3.05) is 12.3 Å². The first-order valence-electron chi connectivity index (χ1n) is 6.66. The molecular formula is C15H16ClN3O. The average Bonchev–Trinajstić information content (AvgIpc) is 3.10. The van der Waals surface area contributed by atoms with Crippen molar-refractivity contribution in [3.63, 3.8) is 0 Å². The molecule has 5 heteroatoms. The Morgan fingerprint density at radius 3 is 2.95 bits per heavy atom. The van der Waals surface area contributed by atoms with Gasteiger partial charge in [-0.3, -0.25) is 4.79 Å². The van der Waals surface area contributed by atoms with Gasteiger partial charge in [-0.15, -0.1) is 0 Å². The van der Waals surface area contributed by atoms with Crippen LogP contribution in [0.1, 0.15) is 34.9 Å². The molecule has 0 saturated carbocycles. The molecule has 20 heavy (non-hydrogen) atoms. The van der Waals surface area contributed by atoms with Crippen LogP contribution in [0.5, 0.6) is 0 Å². The van der Waals surface area contributed by atoms with E-state index >= 15 is 0 Å². The van der Waals surface area contributed by atoms with Gasteiger partial charge in [0.25, 0.3) is 5.91 Å². The molecule has 1 aromatic heterocycles. The van der Waals surface area contributed by atoms with Gasteiger partial charge in [0.05, 0.1) is 16.8 Å². The standard InChI is InChI=1S/C15H16ClN3O/c16-11-9-10(5-6-12(11)17)15(20)19-8-2-4-14(19)13-3-1-7-18-13/h1,3,5-7,9,14,18H,2,4,8,17H2. The van der Waals surface area contributed by atoms with Crippen molar-refractivity contribution in [3.05, 3.63) is 52.8 Å². The minimum atomic E-state index is 0.00370. The van der Waals surface area contributed by atoms with Gasteiger partial charge in [0, 0.05) is 24.0 Å². The number of hydrogen-bond donors (Lipinski definition) is 2. The predicted octanol–water partition coefficient (Wildman–Crippen LogP) is 3.23. The van der Waals surface area contributed by atoms with Crippen LogP contribution in [0, 0.1) is 0 Å². The number of rotatable bonds is 2. The summed E-state index contributed by atoms with van der Waals surface area (Å²) in [5, 5.41) is 0.423. The number of nitrogens with one attached hydrogen (secondary N) is 1. The first kappa shape index (κ1) is 13.1. The first-order chi connectivity index (χ1) is 9.66. The molecule has 1 saturated heterocycles. The third-order valence-corrected chi connectivity index (χ3v) is 4.07. The number of H-pyrrole nitrogens is 1. The van der Waals surface area contributed by atoms with E-state index in [1.54, 1.807) is 18.2 Å². The van der Waals surface area contributed by atoms with Crippen LogP contribution < -0.4 is 5.73 Å². The van der Waals surface area contributed by atoms with Crippen LogP contribution >= 0.6 is 11.6 Å². The molecule has 1 amide bonds. The van der Waals surface area contributed by atoms with Crippen LogP contribution in [0.2, 0.25) is 5.02 Å². The smallest absolute Gasteiger partial charge is 0.254 e. The summed E-state index contributed by atoms with van der Waals surface area (Å²) in [4.78, 5) is 17.7. The lowest BCUT2D eigenvalue weighted by atomic mass is 10.1. The quantitative estimate of drug-likeness (QED) is 0.834. The molecular weight excluding hydrogens is 274 g/mol. The molecule has 0 radical (unpaired) electrons. The van der Waals surface area contributed by atoms with Gasteiger partial charge in [-0.1, -0.05) is 11.6 Å². The highest BCUT2D eigenvalue weighted by molar-refractivity contribution is 6.33. The van der Waals surface area contributed by atoms with Crippen molar-refractivity contribution in [1.82, 2.24) is 9.88 Å². The van der Waals surface area contributed by atoms with E-state index in [4.69, 9.17) is 17.3 Å². The second kappa shape index (κ2) is 5.21. The van der Waals surface area contributed by atoms with Gasteiger partial charge in [-0.2, -0.15) is 0 Å². The van der Waals surface area contributed by atoms with E-state index < -0.39 is 0 Å². The molecule has 0 bridgehead atoms. The maximum absolute atomic E-state index is 12.6. The molecule has 3 rings (SSSR count). The fourth-order valence-corrected chi connectivity index (χ4v) is 2.89. The molecule has 2 aromatic rings. The van der Waals surface area contributed by atoms with Crippen molar-refractivity contribution in [2.45, 2.75) is 18.9 Å². The number of carbonyl (C=O) groups is 1. The number of carbonyl (C=O) groups excluding carboxylic acids is 1. The van der Waals surface area contributed by atoms with E-state index in [1.165, 1.54) is 0 Å². The molecule has 0 aliphatic carbocycles. The second-order valence-electron chi connectivity index (χ2n) is 5.02. The van der Waals surface area contributed by atoms with Gasteiger partial charge in [-0.25, -0.2) is 0 Å². The third kappa shape index (κ3) is 2.27. The highest BCUT2D eigenvalue weighted by atomic mass is 35.5. The van der Waals surface area contributed by atoms with Crippen molar-refractivity contribution in [1.29, 1.82) is 0 Å². The molecule has 104 valence electrons. The number of aromatic amines is 1. The van der Waals surface area contributed by atoms with Crippen LogP contribution in [0.3, 0.4) is 0 Å². The monoisotopic (exact) mass is 289 g/mol. The lowest BCUT2D eigenvalue weighted by Crippen LogP contribution is -2.30. The molecule has 2 heterocycles.